The molecule has 2 bridgehead atoms. The lowest BCUT2D eigenvalue weighted by Gasteiger charge is -2.71. The van der Waals surface area contributed by atoms with Crippen molar-refractivity contribution >= 4 is 11.5 Å². The number of aliphatic hydroxyl groups excluding tert-OH is 1. The highest BCUT2D eigenvalue weighted by atomic mass is 19.2. The summed E-state index contributed by atoms with van der Waals surface area (Å²) in [4.78, 5) is 19.3. The standard InChI is InChI=1S/C40H48F2N2O4/c1-36-13-10-27(45)23-38(36)16-17-40(28(24-38)35(46)26-8-9-29(41)30(42)22-26)33(36)11-14-37(2)34(40)12-15-39(37,47)25-43-18-20-44(21-19-43)31-6-4-5-7-32(31)48-3/h4-9,16-17,22,24,27,33-34,45,47H,10-15,18-21,23,25H2,1-3H3. The molecule has 4 fully saturated rings. The molecule has 8 heteroatoms. The Morgan fingerprint density at radius 1 is 0.917 bits per heavy atom. The van der Waals surface area contributed by atoms with E-state index in [2.05, 4.69) is 47.9 Å². The van der Waals surface area contributed by atoms with Crippen molar-refractivity contribution in [3.63, 3.8) is 0 Å². The highest BCUT2D eigenvalue weighted by Crippen LogP contribution is 2.78. The van der Waals surface area contributed by atoms with Gasteiger partial charge in [0.05, 0.1) is 24.5 Å². The summed E-state index contributed by atoms with van der Waals surface area (Å²) in [5.74, 6) is -1.26. The number of para-hydroxylation sites is 2. The van der Waals surface area contributed by atoms with Crippen LogP contribution in [0.4, 0.5) is 14.5 Å². The maximum absolute atomic E-state index is 14.6. The van der Waals surface area contributed by atoms with Gasteiger partial charge < -0.3 is 19.8 Å². The van der Waals surface area contributed by atoms with Crippen LogP contribution in [0.2, 0.25) is 0 Å². The van der Waals surface area contributed by atoms with Crippen molar-refractivity contribution in [2.45, 2.75) is 70.5 Å². The Bertz CT molecular complexity index is 1700. The quantitative estimate of drug-likeness (QED) is 0.270. The second kappa shape index (κ2) is 11.0. The Hall–Kier alpha value is -3.07. The van der Waals surface area contributed by atoms with Gasteiger partial charge in [-0.1, -0.05) is 44.2 Å². The number of anilines is 1. The molecular formula is C40H48F2N2O4. The van der Waals surface area contributed by atoms with Gasteiger partial charge in [-0.2, -0.15) is 0 Å². The maximum atomic E-state index is 14.6. The zero-order valence-corrected chi connectivity index (χ0v) is 28.4. The van der Waals surface area contributed by atoms with Gasteiger partial charge in [-0.05, 0) is 92.5 Å². The Morgan fingerprint density at radius 2 is 1.62 bits per heavy atom. The fourth-order valence-corrected chi connectivity index (χ4v) is 11.8. The van der Waals surface area contributed by atoms with Gasteiger partial charge in [-0.25, -0.2) is 8.78 Å². The smallest absolute Gasteiger partial charge is 0.189 e. The number of β-amino-alcohol motifs (C(OH)–C–C–N with tert-alkyl or cyclic N) is 1. The minimum Gasteiger partial charge on any atom is -0.495 e. The molecule has 3 saturated carbocycles. The summed E-state index contributed by atoms with van der Waals surface area (Å²) in [7, 11) is 1.70. The average Bonchev–Trinajstić information content (AvgIpc) is 3.35. The number of hydrogen-bond donors (Lipinski definition) is 2. The number of aliphatic hydroxyl groups is 2. The van der Waals surface area contributed by atoms with Crippen LogP contribution in [-0.2, 0) is 0 Å². The predicted octanol–water partition coefficient (Wildman–Crippen LogP) is 6.57. The average molecular weight is 659 g/mol. The highest BCUT2D eigenvalue weighted by molar-refractivity contribution is 6.10. The van der Waals surface area contributed by atoms with Crippen LogP contribution in [0.25, 0.3) is 0 Å². The fraction of sp³-hybridized carbons (Fsp3) is 0.575. The second-order valence-electron chi connectivity index (χ2n) is 16.2. The van der Waals surface area contributed by atoms with Crippen LogP contribution in [0, 0.1) is 45.1 Å². The summed E-state index contributed by atoms with van der Waals surface area (Å²) in [6.07, 6.45) is 11.5. The predicted molar refractivity (Wildman–Crippen MR) is 181 cm³/mol. The molecular weight excluding hydrogens is 610 g/mol. The van der Waals surface area contributed by atoms with Gasteiger partial charge in [0, 0.05) is 60.1 Å². The lowest BCUT2D eigenvalue weighted by Crippen LogP contribution is -2.67. The number of fused-ring (bicyclic) bond motifs is 1. The van der Waals surface area contributed by atoms with Gasteiger partial charge in [0.15, 0.2) is 17.4 Å². The van der Waals surface area contributed by atoms with Crippen molar-refractivity contribution in [3.05, 3.63) is 83.5 Å². The number of methoxy groups -OCH3 is 1. The Balaban J connectivity index is 1.13. The van der Waals surface area contributed by atoms with E-state index >= 15 is 0 Å². The molecule has 256 valence electrons. The van der Waals surface area contributed by atoms with Gasteiger partial charge in [0.2, 0.25) is 0 Å². The van der Waals surface area contributed by atoms with E-state index < -0.39 is 39.6 Å². The van der Waals surface area contributed by atoms with Crippen LogP contribution in [0.5, 0.6) is 5.75 Å². The summed E-state index contributed by atoms with van der Waals surface area (Å²) in [6.45, 7) is 8.52. The first-order valence-electron chi connectivity index (χ1n) is 17.8. The molecule has 6 aliphatic carbocycles. The largest absolute Gasteiger partial charge is 0.495 e. The van der Waals surface area contributed by atoms with Gasteiger partial charge in [0.25, 0.3) is 0 Å². The third-order valence-corrected chi connectivity index (χ3v) is 14.4. The number of piperazine rings is 1. The van der Waals surface area contributed by atoms with Crippen molar-refractivity contribution in [3.8, 4) is 5.75 Å². The van der Waals surface area contributed by atoms with Gasteiger partial charge in [-0.15, -0.1) is 0 Å². The lowest BCUT2D eigenvalue weighted by molar-refractivity contribution is -0.176. The zero-order valence-electron chi connectivity index (χ0n) is 28.4. The molecule has 1 saturated heterocycles. The van der Waals surface area contributed by atoms with Crippen molar-refractivity contribution in [1.29, 1.82) is 0 Å². The van der Waals surface area contributed by atoms with E-state index in [1.54, 1.807) is 7.11 Å². The van der Waals surface area contributed by atoms with Gasteiger partial charge in [-0.3, -0.25) is 9.69 Å². The molecule has 1 aliphatic heterocycles. The SMILES string of the molecule is COc1ccccc1N1CCN(CC2(O)CCC3C45C=CC6(C=C4C(=O)c4ccc(F)c(F)c4)CC(O)CCC6(C)C5CCC32C)CC1. The first-order valence-corrected chi connectivity index (χ1v) is 17.8. The summed E-state index contributed by atoms with van der Waals surface area (Å²) < 4.78 is 34.1. The molecule has 2 spiro atoms. The maximum Gasteiger partial charge on any atom is 0.189 e. The van der Waals surface area contributed by atoms with Crippen molar-refractivity contribution < 1.29 is 28.5 Å². The van der Waals surface area contributed by atoms with Crippen LogP contribution >= 0.6 is 0 Å². The molecule has 0 amide bonds. The number of benzene rings is 2. The number of carbonyl (C=O) groups excluding carboxylic acids is 1. The lowest BCUT2D eigenvalue weighted by atomic mass is 9.32. The third kappa shape index (κ3) is 4.27. The summed E-state index contributed by atoms with van der Waals surface area (Å²) in [5, 5.41) is 23.7. The second-order valence-corrected chi connectivity index (χ2v) is 16.2. The number of Topliss-reactive ketones (excluding diaryl/α,β-unsaturated/α-hetero) is 1. The summed E-state index contributed by atoms with van der Waals surface area (Å²) in [6, 6.07) is 11.6. The van der Waals surface area contributed by atoms with E-state index in [9.17, 15) is 23.8 Å². The van der Waals surface area contributed by atoms with Crippen LogP contribution in [0.3, 0.4) is 0 Å². The van der Waals surface area contributed by atoms with E-state index in [-0.39, 0.29) is 28.6 Å². The van der Waals surface area contributed by atoms with E-state index in [4.69, 9.17) is 4.74 Å². The van der Waals surface area contributed by atoms with E-state index in [0.717, 1.165) is 81.9 Å². The van der Waals surface area contributed by atoms with Gasteiger partial charge in [0.1, 0.15) is 5.75 Å². The monoisotopic (exact) mass is 658 g/mol. The molecule has 2 N–H and O–H groups in total. The Morgan fingerprint density at radius 3 is 2.38 bits per heavy atom. The first-order chi connectivity index (χ1) is 22.9. The number of allylic oxidation sites excluding steroid dienone is 4. The molecule has 2 aromatic carbocycles. The van der Waals surface area contributed by atoms with E-state index in [1.807, 2.05) is 18.2 Å². The van der Waals surface area contributed by atoms with Crippen molar-refractivity contribution in [2.75, 3.05) is 44.7 Å². The third-order valence-electron chi connectivity index (χ3n) is 14.4. The number of nitrogens with zero attached hydrogens (tertiary/aromatic N) is 2. The number of ether oxygens (including phenoxy) is 1. The van der Waals surface area contributed by atoms with Crippen molar-refractivity contribution in [2.24, 2.45) is 33.5 Å². The summed E-state index contributed by atoms with van der Waals surface area (Å²) >= 11 is 0. The Kier molecular flexibility index (Phi) is 7.34. The molecule has 7 aliphatic rings. The Labute approximate surface area is 282 Å². The number of halogens is 2. The van der Waals surface area contributed by atoms with Crippen LogP contribution in [-0.4, -0.2) is 72.4 Å². The molecule has 0 aromatic heterocycles. The fourth-order valence-electron chi connectivity index (χ4n) is 11.8. The molecule has 8 atom stereocenters. The summed E-state index contributed by atoms with van der Waals surface area (Å²) in [5.41, 5.74) is -0.780. The number of rotatable bonds is 6. The minimum absolute atomic E-state index is 0.00217. The van der Waals surface area contributed by atoms with Crippen LogP contribution in [0.1, 0.15) is 69.2 Å². The molecule has 48 heavy (non-hydrogen) atoms. The first kappa shape index (κ1) is 32.2. The molecule has 2 aromatic rings. The molecule has 6 nitrogen and oxygen atoms in total. The van der Waals surface area contributed by atoms with Crippen LogP contribution in [0.15, 0.2) is 66.3 Å². The number of carbonyl (C=O) groups is 1. The normalized spacial score (nSPS) is 40.2. The topological polar surface area (TPSA) is 73.2 Å². The molecule has 0 radical (unpaired) electrons. The number of hydrogen-bond acceptors (Lipinski definition) is 6. The van der Waals surface area contributed by atoms with Gasteiger partial charge >= 0.3 is 0 Å². The molecule has 1 heterocycles. The molecule has 9 rings (SSSR count). The van der Waals surface area contributed by atoms with E-state index in [0.29, 0.717) is 25.0 Å². The van der Waals surface area contributed by atoms with Crippen LogP contribution < -0.4 is 9.64 Å². The van der Waals surface area contributed by atoms with Crippen molar-refractivity contribution in [1.82, 2.24) is 4.90 Å². The minimum atomic E-state index is -1.03. The van der Waals surface area contributed by atoms with E-state index in [1.165, 1.54) is 6.07 Å². The highest BCUT2D eigenvalue weighted by Gasteiger charge is 2.74. The molecule has 8 unspecified atom stereocenters. The number of ketones is 1. The zero-order chi connectivity index (χ0) is 33.7.